The van der Waals surface area contributed by atoms with Crippen LogP contribution >= 0.6 is 0 Å². The lowest BCUT2D eigenvalue weighted by Gasteiger charge is -2.31. The second-order valence-corrected chi connectivity index (χ2v) is 9.29. The van der Waals surface area contributed by atoms with Gasteiger partial charge in [0.05, 0.1) is 36.5 Å². The van der Waals surface area contributed by atoms with Crippen LogP contribution in [0.15, 0.2) is 71.9 Å². The van der Waals surface area contributed by atoms with E-state index in [1.54, 1.807) is 23.5 Å². The van der Waals surface area contributed by atoms with Crippen molar-refractivity contribution in [3.63, 3.8) is 0 Å². The zero-order chi connectivity index (χ0) is 23.0. The minimum atomic E-state index is -0.998. The fourth-order valence-electron chi connectivity index (χ4n) is 3.61. The van der Waals surface area contributed by atoms with Gasteiger partial charge < -0.3 is 19.8 Å². The first-order chi connectivity index (χ1) is 16.1. The highest BCUT2D eigenvalue weighted by Gasteiger charge is 2.24. The highest BCUT2D eigenvalue weighted by Crippen LogP contribution is 2.19. The van der Waals surface area contributed by atoms with Crippen molar-refractivity contribution in [2.75, 3.05) is 19.3 Å². The minimum Gasteiger partial charge on any atom is -0.445 e. The monoisotopic (exact) mass is 483 g/mol. The minimum absolute atomic E-state index is 0. The Morgan fingerprint density at radius 3 is 2.32 bits per heavy atom. The van der Waals surface area contributed by atoms with Crippen LogP contribution in [0.4, 0.5) is 4.79 Å². The maximum absolute atomic E-state index is 12.3. The van der Waals surface area contributed by atoms with Crippen molar-refractivity contribution < 1.29 is 24.0 Å². The number of ether oxygens (including phenoxy) is 2. The Morgan fingerprint density at radius 1 is 1.00 bits per heavy atom. The number of benzene rings is 2. The molecular weight excluding hydrogens is 454 g/mol. The fourth-order valence-corrected chi connectivity index (χ4v) is 4.13. The Kier molecular flexibility index (Phi) is 9.26. The van der Waals surface area contributed by atoms with Crippen molar-refractivity contribution in [3.05, 3.63) is 78.2 Å². The molecule has 3 aromatic rings. The Hall–Kier alpha value is -3.14. The third-order valence-electron chi connectivity index (χ3n) is 5.56. The molecule has 1 unspecified atom stereocenters. The van der Waals surface area contributed by atoms with Crippen LogP contribution in [0, 0.1) is 0 Å². The zero-order valence-electron chi connectivity index (χ0n) is 19.1. The average molecular weight is 484 g/mol. The van der Waals surface area contributed by atoms with Crippen LogP contribution in [-0.4, -0.2) is 56.1 Å². The summed E-state index contributed by atoms with van der Waals surface area (Å²) in [6.07, 6.45) is 6.42. The Morgan fingerprint density at radius 2 is 1.71 bits per heavy atom. The smallest absolute Gasteiger partial charge is 0.410 e. The van der Waals surface area contributed by atoms with Crippen LogP contribution in [0.25, 0.3) is 11.3 Å². The largest absolute Gasteiger partial charge is 0.445 e. The molecule has 4 rings (SSSR count). The van der Waals surface area contributed by atoms with Gasteiger partial charge in [0.1, 0.15) is 6.61 Å². The van der Waals surface area contributed by atoms with E-state index in [4.69, 9.17) is 9.47 Å². The number of hydrogen-bond donors (Lipinski definition) is 0. The lowest BCUT2D eigenvalue weighted by molar-refractivity contribution is -0.00523. The van der Waals surface area contributed by atoms with Gasteiger partial charge in [-0.05, 0) is 30.5 Å². The van der Waals surface area contributed by atoms with E-state index in [2.05, 4.69) is 9.97 Å². The standard InChI is InChI=1S/C25H27N3O4S.H2O/c1-33(30)23-9-7-20(8-10-23)24-16-26-21(15-27-24)18-31-22-11-13-28(14-12-22)25(29)32-17-19-5-3-2-4-6-19;/h2-10,15-16,22H,11-14,17-18H2,1H3;1H2. The molecular formula is C25H29N3O5S. The van der Waals surface area contributed by atoms with Gasteiger partial charge in [0, 0.05) is 40.6 Å². The van der Waals surface area contributed by atoms with Gasteiger partial charge in [-0.3, -0.25) is 14.2 Å². The predicted molar refractivity (Wildman–Crippen MR) is 129 cm³/mol. The summed E-state index contributed by atoms with van der Waals surface area (Å²) in [6, 6.07) is 17.1. The molecule has 1 saturated heterocycles. The molecule has 0 bridgehead atoms. The Labute approximate surface area is 201 Å². The van der Waals surface area contributed by atoms with Crippen LogP contribution < -0.4 is 0 Å². The average Bonchev–Trinajstić information content (AvgIpc) is 2.87. The van der Waals surface area contributed by atoms with Gasteiger partial charge in [-0.25, -0.2) is 4.79 Å². The van der Waals surface area contributed by atoms with Gasteiger partial charge in [-0.15, -0.1) is 0 Å². The maximum atomic E-state index is 12.3. The first kappa shape index (κ1) is 25.5. The summed E-state index contributed by atoms with van der Waals surface area (Å²) >= 11 is 0. The molecule has 0 spiro atoms. The second kappa shape index (κ2) is 12.4. The first-order valence-electron chi connectivity index (χ1n) is 10.9. The molecule has 0 saturated carbocycles. The van der Waals surface area contributed by atoms with Crippen LogP contribution in [0.1, 0.15) is 24.1 Å². The molecule has 2 aromatic carbocycles. The van der Waals surface area contributed by atoms with E-state index in [-0.39, 0.29) is 24.3 Å². The topological polar surface area (TPSA) is 113 Å². The SMILES string of the molecule is CS(=O)c1ccc(-c2cnc(COC3CCN(C(=O)OCc4ccccc4)CC3)cn2)cc1.O. The zero-order valence-corrected chi connectivity index (χ0v) is 19.9. The van der Waals surface area contributed by atoms with Crippen LogP contribution in [0.5, 0.6) is 0 Å². The van der Waals surface area contributed by atoms with Gasteiger partial charge in [0.15, 0.2) is 0 Å². The van der Waals surface area contributed by atoms with Crippen LogP contribution in [0.2, 0.25) is 0 Å². The van der Waals surface area contributed by atoms with Crippen LogP contribution in [-0.2, 0) is 33.5 Å². The number of hydrogen-bond acceptors (Lipinski definition) is 6. The summed E-state index contributed by atoms with van der Waals surface area (Å²) in [7, 11) is -0.998. The van der Waals surface area contributed by atoms with E-state index in [0.717, 1.165) is 40.3 Å². The molecule has 0 aliphatic carbocycles. The molecule has 180 valence electrons. The molecule has 1 atom stereocenters. The van der Waals surface area contributed by atoms with Crippen molar-refractivity contribution in [1.29, 1.82) is 0 Å². The van der Waals surface area contributed by atoms with Crippen molar-refractivity contribution in [3.8, 4) is 11.3 Å². The number of carbonyl (C=O) groups excluding carboxylic acids is 1. The molecule has 0 radical (unpaired) electrons. The summed E-state index contributed by atoms with van der Waals surface area (Å²) in [5.41, 5.74) is 3.42. The van der Waals surface area contributed by atoms with Crippen LogP contribution in [0.3, 0.4) is 0 Å². The molecule has 1 aliphatic rings. The summed E-state index contributed by atoms with van der Waals surface area (Å²) in [4.78, 5) is 23.7. The number of nitrogens with zero attached hydrogens (tertiary/aromatic N) is 3. The van der Waals surface area contributed by atoms with Gasteiger partial charge in [-0.2, -0.15) is 0 Å². The third kappa shape index (κ3) is 6.93. The normalized spacial score (nSPS) is 14.8. The van der Waals surface area contributed by atoms with E-state index < -0.39 is 10.8 Å². The summed E-state index contributed by atoms with van der Waals surface area (Å²) in [5.74, 6) is 0. The van der Waals surface area contributed by atoms with E-state index in [1.807, 2.05) is 54.6 Å². The van der Waals surface area contributed by atoms with Gasteiger partial charge >= 0.3 is 6.09 Å². The predicted octanol–water partition coefficient (Wildman–Crippen LogP) is 3.37. The van der Waals surface area contributed by atoms with E-state index in [9.17, 15) is 9.00 Å². The van der Waals surface area contributed by atoms with E-state index >= 15 is 0 Å². The van der Waals surface area contributed by atoms with E-state index in [0.29, 0.717) is 19.7 Å². The maximum Gasteiger partial charge on any atom is 0.410 e. The second-order valence-electron chi connectivity index (χ2n) is 7.91. The number of carbonyl (C=O) groups is 1. The molecule has 1 aromatic heterocycles. The highest BCUT2D eigenvalue weighted by molar-refractivity contribution is 7.84. The first-order valence-corrected chi connectivity index (χ1v) is 12.5. The number of aromatic nitrogens is 2. The molecule has 1 aliphatic heterocycles. The number of piperidine rings is 1. The quantitative estimate of drug-likeness (QED) is 0.509. The molecule has 34 heavy (non-hydrogen) atoms. The fraction of sp³-hybridized carbons (Fsp3) is 0.320. The summed E-state index contributed by atoms with van der Waals surface area (Å²) < 4.78 is 22.9. The Balaban J connectivity index is 0.00000324. The summed E-state index contributed by atoms with van der Waals surface area (Å²) in [6.45, 7) is 1.89. The lowest BCUT2D eigenvalue weighted by atomic mass is 10.1. The third-order valence-corrected chi connectivity index (χ3v) is 6.50. The molecule has 2 N–H and O–H groups in total. The molecule has 1 amide bonds. The van der Waals surface area contributed by atoms with Crippen molar-refractivity contribution in [2.24, 2.45) is 0 Å². The lowest BCUT2D eigenvalue weighted by Crippen LogP contribution is -2.41. The van der Waals surface area contributed by atoms with Gasteiger partial charge in [-0.1, -0.05) is 42.5 Å². The molecule has 2 heterocycles. The van der Waals surface area contributed by atoms with Gasteiger partial charge in [0.25, 0.3) is 0 Å². The number of rotatable bonds is 7. The van der Waals surface area contributed by atoms with Crippen molar-refractivity contribution in [2.45, 2.75) is 37.1 Å². The van der Waals surface area contributed by atoms with Gasteiger partial charge in [0.2, 0.25) is 0 Å². The summed E-state index contributed by atoms with van der Waals surface area (Å²) in [5, 5.41) is 0. The Bertz CT molecular complexity index is 1070. The number of amides is 1. The van der Waals surface area contributed by atoms with Crippen molar-refractivity contribution in [1.82, 2.24) is 14.9 Å². The molecule has 1 fully saturated rings. The molecule has 8 nitrogen and oxygen atoms in total. The van der Waals surface area contributed by atoms with E-state index in [1.165, 1.54) is 0 Å². The van der Waals surface area contributed by atoms with Crippen molar-refractivity contribution >= 4 is 16.9 Å². The highest BCUT2D eigenvalue weighted by atomic mass is 32.2. The molecule has 9 heteroatoms. The number of likely N-dealkylation sites (tertiary alicyclic amines) is 1.